The van der Waals surface area contributed by atoms with Crippen molar-refractivity contribution in [2.75, 3.05) is 13.2 Å². The van der Waals surface area contributed by atoms with Gasteiger partial charge in [-0.25, -0.2) is 0 Å². The highest BCUT2D eigenvalue weighted by Gasteiger charge is 2.44. The van der Waals surface area contributed by atoms with Gasteiger partial charge in [-0.1, -0.05) is 284 Å². The Morgan fingerprint density at radius 2 is 0.746 bits per heavy atom. The molecule has 0 spiro atoms. The fourth-order valence-electron chi connectivity index (χ4n) is 9.82. The van der Waals surface area contributed by atoms with Gasteiger partial charge < -0.3 is 45.4 Å². The summed E-state index contributed by atoms with van der Waals surface area (Å²) in [4.78, 5) is 13.2. The summed E-state index contributed by atoms with van der Waals surface area (Å²) in [6.45, 7) is 3.72. The summed E-state index contributed by atoms with van der Waals surface area (Å²) < 4.78 is 11.2. The summed E-state index contributed by atoms with van der Waals surface area (Å²) in [7, 11) is 0. The quantitative estimate of drug-likeness (QED) is 0.0293. The first-order valence-electron chi connectivity index (χ1n) is 29.3. The third-order valence-corrected chi connectivity index (χ3v) is 14.6. The Morgan fingerprint density at radius 3 is 1.06 bits per heavy atom. The van der Waals surface area contributed by atoms with E-state index < -0.39 is 61.5 Å². The number of aliphatic hydroxyl groups is 6. The van der Waals surface area contributed by atoms with Gasteiger partial charge in [0.2, 0.25) is 5.91 Å². The second kappa shape index (κ2) is 47.5. The van der Waals surface area contributed by atoms with Gasteiger partial charge in [-0.2, -0.15) is 0 Å². The van der Waals surface area contributed by atoms with E-state index in [0.29, 0.717) is 12.8 Å². The van der Waals surface area contributed by atoms with Crippen molar-refractivity contribution < 1.29 is 44.9 Å². The van der Waals surface area contributed by atoms with E-state index in [4.69, 9.17) is 9.47 Å². The number of unbranched alkanes of at least 4 members (excludes halogenated alkanes) is 40. The molecule has 1 aliphatic rings. The van der Waals surface area contributed by atoms with Crippen LogP contribution in [-0.2, 0) is 14.3 Å². The predicted octanol–water partition coefficient (Wildman–Crippen LogP) is 13.2. The van der Waals surface area contributed by atoms with E-state index in [9.17, 15) is 35.4 Å². The number of aliphatic hydroxyl groups excluding tert-OH is 6. The number of hydrogen-bond acceptors (Lipinski definition) is 9. The van der Waals surface area contributed by atoms with E-state index >= 15 is 0 Å². The van der Waals surface area contributed by atoms with Gasteiger partial charge in [0.25, 0.3) is 0 Å². The predicted molar refractivity (Wildman–Crippen MR) is 278 cm³/mol. The number of amides is 1. The number of carbonyl (C=O) groups is 1. The monoisotopic (exact) mass is 956 g/mol. The van der Waals surface area contributed by atoms with Crippen LogP contribution in [0.1, 0.15) is 296 Å². The van der Waals surface area contributed by atoms with E-state index in [0.717, 1.165) is 38.5 Å². The molecule has 0 aromatic heterocycles. The van der Waals surface area contributed by atoms with Gasteiger partial charge in [-0.3, -0.25) is 4.79 Å². The average molecular weight is 957 g/mol. The molecule has 0 aromatic carbocycles. The highest BCUT2D eigenvalue weighted by molar-refractivity contribution is 5.80. The van der Waals surface area contributed by atoms with Crippen molar-refractivity contribution in [2.24, 2.45) is 0 Å². The molecule has 8 atom stereocenters. The molecule has 1 aliphatic heterocycles. The molecule has 1 saturated heterocycles. The van der Waals surface area contributed by atoms with Crippen molar-refractivity contribution in [3.8, 4) is 0 Å². The summed E-state index contributed by atoms with van der Waals surface area (Å²) in [5.41, 5.74) is 0. The van der Waals surface area contributed by atoms with E-state index in [2.05, 4.69) is 19.2 Å². The van der Waals surface area contributed by atoms with Gasteiger partial charge in [0.1, 0.15) is 30.5 Å². The molecular formula is C57H113NO9. The maximum atomic E-state index is 13.2. The highest BCUT2D eigenvalue weighted by atomic mass is 16.7. The van der Waals surface area contributed by atoms with E-state index in [1.807, 2.05) is 0 Å². The standard InChI is InChI=1S/C57H113NO9/c1-3-5-7-9-11-13-15-17-19-21-22-23-24-25-26-27-28-30-32-34-36-38-40-42-44-46-51(61)56(65)58-49(48-66-57-55(64)54(63)53(62)52(47-59)67-57)50(60)45-43-41-39-37-35-33-31-29-20-18-16-14-12-10-8-6-4-2/h49-55,57,59-64H,3-48H2,1-2H3,(H,58,65). The lowest BCUT2D eigenvalue weighted by molar-refractivity contribution is -0.302. The van der Waals surface area contributed by atoms with Crippen LogP contribution in [0.3, 0.4) is 0 Å². The van der Waals surface area contributed by atoms with Crippen molar-refractivity contribution in [2.45, 2.75) is 345 Å². The SMILES string of the molecule is CCCCCCCCCCCCCCCCCCCCCCCCCCCC(O)C(=O)NC(COC1OC(CO)C(O)C(O)C1O)C(O)CCCCCCCCCCCCCCCCCCC. The van der Waals surface area contributed by atoms with E-state index in [1.165, 1.54) is 231 Å². The molecule has 0 radical (unpaired) electrons. The summed E-state index contributed by atoms with van der Waals surface area (Å²) >= 11 is 0. The molecular weight excluding hydrogens is 843 g/mol. The van der Waals surface area contributed by atoms with Crippen LogP contribution in [0.25, 0.3) is 0 Å². The molecule has 7 N–H and O–H groups in total. The number of ether oxygens (including phenoxy) is 2. The van der Waals surface area contributed by atoms with Crippen molar-refractivity contribution in [3.63, 3.8) is 0 Å². The first kappa shape index (κ1) is 64.2. The molecule has 0 aliphatic carbocycles. The maximum Gasteiger partial charge on any atom is 0.249 e. The Bertz CT molecular complexity index is 1040. The van der Waals surface area contributed by atoms with Crippen molar-refractivity contribution >= 4 is 5.91 Å². The van der Waals surface area contributed by atoms with Gasteiger partial charge in [0, 0.05) is 0 Å². The lowest BCUT2D eigenvalue weighted by Gasteiger charge is -2.40. The largest absolute Gasteiger partial charge is 0.394 e. The number of nitrogens with one attached hydrogen (secondary N) is 1. The smallest absolute Gasteiger partial charge is 0.249 e. The van der Waals surface area contributed by atoms with Gasteiger partial charge >= 0.3 is 0 Å². The normalized spacial score (nSPS) is 20.0. The first-order chi connectivity index (χ1) is 32.8. The van der Waals surface area contributed by atoms with Gasteiger partial charge in [0.05, 0.1) is 25.4 Å². The molecule has 1 fully saturated rings. The lowest BCUT2D eigenvalue weighted by atomic mass is 9.99. The van der Waals surface area contributed by atoms with Crippen LogP contribution in [0, 0.1) is 0 Å². The fourth-order valence-corrected chi connectivity index (χ4v) is 9.82. The third-order valence-electron chi connectivity index (χ3n) is 14.6. The van der Waals surface area contributed by atoms with Crippen LogP contribution in [0.2, 0.25) is 0 Å². The minimum Gasteiger partial charge on any atom is -0.394 e. The fraction of sp³-hybridized carbons (Fsp3) is 0.982. The van der Waals surface area contributed by atoms with Crippen LogP contribution >= 0.6 is 0 Å². The average Bonchev–Trinajstić information content (AvgIpc) is 3.33. The second-order valence-corrected chi connectivity index (χ2v) is 20.9. The minimum absolute atomic E-state index is 0.249. The van der Waals surface area contributed by atoms with Crippen LogP contribution in [0.4, 0.5) is 0 Å². The minimum atomic E-state index is -1.59. The molecule has 67 heavy (non-hydrogen) atoms. The lowest BCUT2D eigenvalue weighted by Crippen LogP contribution is -2.60. The zero-order valence-electron chi connectivity index (χ0n) is 44.1. The Morgan fingerprint density at radius 1 is 0.448 bits per heavy atom. The molecule has 8 unspecified atom stereocenters. The molecule has 1 heterocycles. The molecule has 10 heteroatoms. The van der Waals surface area contributed by atoms with Crippen LogP contribution < -0.4 is 5.32 Å². The first-order valence-corrected chi connectivity index (χ1v) is 29.3. The van der Waals surface area contributed by atoms with Crippen LogP contribution in [-0.4, -0.2) is 98.7 Å². The second-order valence-electron chi connectivity index (χ2n) is 20.9. The Kier molecular flexibility index (Phi) is 45.5. The van der Waals surface area contributed by atoms with Crippen molar-refractivity contribution in [3.05, 3.63) is 0 Å². The molecule has 1 amide bonds. The number of carbonyl (C=O) groups excluding carboxylic acids is 1. The Balaban J connectivity index is 2.21. The molecule has 0 bridgehead atoms. The highest BCUT2D eigenvalue weighted by Crippen LogP contribution is 2.23. The summed E-state index contributed by atoms with van der Waals surface area (Å²) in [5, 5.41) is 65.2. The summed E-state index contributed by atoms with van der Waals surface area (Å²) in [6, 6.07) is -0.889. The maximum absolute atomic E-state index is 13.2. The van der Waals surface area contributed by atoms with Gasteiger partial charge in [-0.15, -0.1) is 0 Å². The van der Waals surface area contributed by atoms with Crippen molar-refractivity contribution in [1.29, 1.82) is 0 Å². The van der Waals surface area contributed by atoms with Gasteiger partial charge in [-0.05, 0) is 12.8 Å². The molecule has 0 saturated carbocycles. The summed E-state index contributed by atoms with van der Waals surface area (Å²) in [5.74, 6) is -0.576. The Hall–Kier alpha value is -0.850. The zero-order chi connectivity index (χ0) is 48.8. The number of hydrogen-bond donors (Lipinski definition) is 7. The van der Waals surface area contributed by atoms with Gasteiger partial charge in [0.15, 0.2) is 6.29 Å². The van der Waals surface area contributed by atoms with E-state index in [1.54, 1.807) is 0 Å². The summed E-state index contributed by atoms with van der Waals surface area (Å²) in [6.07, 6.45) is 45.9. The Labute approximate surface area is 413 Å². The zero-order valence-corrected chi connectivity index (χ0v) is 44.1. The topological polar surface area (TPSA) is 169 Å². The van der Waals surface area contributed by atoms with Crippen LogP contribution in [0.15, 0.2) is 0 Å². The molecule has 400 valence electrons. The molecule has 0 aromatic rings. The van der Waals surface area contributed by atoms with Crippen LogP contribution in [0.5, 0.6) is 0 Å². The van der Waals surface area contributed by atoms with E-state index in [-0.39, 0.29) is 6.61 Å². The third kappa shape index (κ3) is 36.7. The number of rotatable bonds is 51. The molecule has 1 rings (SSSR count). The molecule has 10 nitrogen and oxygen atoms in total. The van der Waals surface area contributed by atoms with Crippen molar-refractivity contribution in [1.82, 2.24) is 5.32 Å².